The number of ether oxygens (including phenoxy) is 1. The van der Waals surface area contributed by atoms with E-state index < -0.39 is 12.1 Å². The zero-order chi connectivity index (χ0) is 7.56. The van der Waals surface area contributed by atoms with Crippen molar-refractivity contribution >= 4 is 5.97 Å². The molecule has 1 aliphatic heterocycles. The number of aliphatic hydroxyl groups is 1. The van der Waals surface area contributed by atoms with Crippen molar-refractivity contribution in [1.29, 1.82) is 0 Å². The molecule has 0 aromatic rings. The Bertz CT molecular complexity index is 133. The van der Waals surface area contributed by atoms with Gasteiger partial charge in [-0.1, -0.05) is 13.3 Å². The van der Waals surface area contributed by atoms with Crippen molar-refractivity contribution in [2.45, 2.75) is 38.4 Å². The van der Waals surface area contributed by atoms with Crippen LogP contribution in [0.25, 0.3) is 0 Å². The average molecular weight is 144 g/mol. The van der Waals surface area contributed by atoms with Gasteiger partial charge in [-0.05, 0) is 12.8 Å². The van der Waals surface area contributed by atoms with E-state index in [1.54, 1.807) is 0 Å². The largest absolute Gasteiger partial charge is 0.457 e. The van der Waals surface area contributed by atoms with Crippen LogP contribution in [0.15, 0.2) is 0 Å². The number of hydrogen-bond acceptors (Lipinski definition) is 3. The van der Waals surface area contributed by atoms with Crippen LogP contribution in [0.3, 0.4) is 0 Å². The van der Waals surface area contributed by atoms with Gasteiger partial charge in [0, 0.05) is 0 Å². The highest BCUT2D eigenvalue weighted by atomic mass is 16.6. The monoisotopic (exact) mass is 144 g/mol. The number of carbonyl (C=O) groups is 1. The van der Waals surface area contributed by atoms with E-state index in [4.69, 9.17) is 5.11 Å². The first-order valence-electron chi connectivity index (χ1n) is 3.64. The summed E-state index contributed by atoms with van der Waals surface area (Å²) < 4.78 is 4.66. The molecule has 0 aliphatic carbocycles. The lowest BCUT2D eigenvalue weighted by Crippen LogP contribution is -2.49. The summed E-state index contributed by atoms with van der Waals surface area (Å²) in [4.78, 5) is 10.3. The summed E-state index contributed by atoms with van der Waals surface area (Å²) in [5.41, 5.74) is 0. The standard InChI is InChI=1S/C7H12O3/c1-2-3-4-5-6(8)7(9)10-5/h5-6,8H,2-4H2,1H3. The molecule has 0 bridgehead atoms. The molecule has 1 N–H and O–H groups in total. The van der Waals surface area contributed by atoms with E-state index in [1.165, 1.54) is 0 Å². The number of carbonyl (C=O) groups excluding carboxylic acids is 1. The van der Waals surface area contributed by atoms with Gasteiger partial charge in [0.15, 0.2) is 6.10 Å². The zero-order valence-corrected chi connectivity index (χ0v) is 6.04. The van der Waals surface area contributed by atoms with Gasteiger partial charge in [0.05, 0.1) is 0 Å². The van der Waals surface area contributed by atoms with Crippen molar-refractivity contribution in [2.24, 2.45) is 0 Å². The van der Waals surface area contributed by atoms with Gasteiger partial charge in [0.2, 0.25) is 0 Å². The minimum absolute atomic E-state index is 0.215. The van der Waals surface area contributed by atoms with E-state index in [2.05, 4.69) is 11.7 Å². The van der Waals surface area contributed by atoms with E-state index in [0.717, 1.165) is 19.3 Å². The molecule has 3 heteroatoms. The Morgan fingerprint density at radius 2 is 2.40 bits per heavy atom. The molecule has 3 nitrogen and oxygen atoms in total. The Balaban J connectivity index is 2.14. The third-order valence-electron chi connectivity index (χ3n) is 1.70. The SMILES string of the molecule is CCCCC1OC(=O)C1O. The molecule has 58 valence electrons. The normalized spacial score (nSPS) is 31.2. The molecular formula is C7H12O3. The van der Waals surface area contributed by atoms with Gasteiger partial charge >= 0.3 is 5.97 Å². The Morgan fingerprint density at radius 3 is 2.80 bits per heavy atom. The van der Waals surface area contributed by atoms with Crippen LogP contribution in [0.1, 0.15) is 26.2 Å². The molecular weight excluding hydrogens is 132 g/mol. The fourth-order valence-electron chi connectivity index (χ4n) is 0.985. The van der Waals surface area contributed by atoms with Crippen LogP contribution < -0.4 is 0 Å². The molecule has 0 saturated carbocycles. The predicted molar refractivity (Wildman–Crippen MR) is 35.4 cm³/mol. The van der Waals surface area contributed by atoms with Crippen molar-refractivity contribution in [2.75, 3.05) is 0 Å². The van der Waals surface area contributed by atoms with E-state index in [1.807, 2.05) is 0 Å². The fourth-order valence-corrected chi connectivity index (χ4v) is 0.985. The van der Waals surface area contributed by atoms with Gasteiger partial charge in [-0.2, -0.15) is 0 Å². The van der Waals surface area contributed by atoms with E-state index in [0.29, 0.717) is 0 Å². The lowest BCUT2D eigenvalue weighted by Gasteiger charge is -2.30. The van der Waals surface area contributed by atoms with Crippen LogP contribution in [0.5, 0.6) is 0 Å². The summed E-state index contributed by atoms with van der Waals surface area (Å²) in [5.74, 6) is -0.471. The van der Waals surface area contributed by atoms with Crippen LogP contribution in [-0.4, -0.2) is 23.3 Å². The molecule has 2 unspecified atom stereocenters. The summed E-state index contributed by atoms with van der Waals surface area (Å²) in [5, 5.41) is 8.93. The molecule has 2 atom stereocenters. The highest BCUT2D eigenvalue weighted by molar-refractivity contribution is 5.80. The fraction of sp³-hybridized carbons (Fsp3) is 0.857. The van der Waals surface area contributed by atoms with Crippen LogP contribution >= 0.6 is 0 Å². The molecule has 1 fully saturated rings. The Hall–Kier alpha value is -0.570. The van der Waals surface area contributed by atoms with Gasteiger partial charge in [-0.15, -0.1) is 0 Å². The summed E-state index contributed by atoms with van der Waals surface area (Å²) in [6.45, 7) is 2.06. The van der Waals surface area contributed by atoms with Crippen molar-refractivity contribution in [3.63, 3.8) is 0 Å². The number of unbranched alkanes of at least 4 members (excludes halogenated alkanes) is 1. The van der Waals surface area contributed by atoms with Crippen LogP contribution in [0, 0.1) is 0 Å². The van der Waals surface area contributed by atoms with Crippen molar-refractivity contribution in [3.05, 3.63) is 0 Å². The number of cyclic esters (lactones) is 1. The van der Waals surface area contributed by atoms with E-state index in [9.17, 15) is 4.79 Å². The minimum Gasteiger partial charge on any atom is -0.457 e. The van der Waals surface area contributed by atoms with Gasteiger partial charge in [0.1, 0.15) is 6.10 Å². The highest BCUT2D eigenvalue weighted by Crippen LogP contribution is 2.19. The molecule has 0 spiro atoms. The summed E-state index contributed by atoms with van der Waals surface area (Å²) >= 11 is 0. The molecule has 1 heterocycles. The maximum atomic E-state index is 10.3. The smallest absolute Gasteiger partial charge is 0.339 e. The molecule has 0 aromatic heterocycles. The van der Waals surface area contributed by atoms with Gasteiger partial charge in [0.25, 0.3) is 0 Å². The van der Waals surface area contributed by atoms with E-state index in [-0.39, 0.29) is 6.10 Å². The number of rotatable bonds is 3. The molecule has 0 radical (unpaired) electrons. The summed E-state index contributed by atoms with van der Waals surface area (Å²) in [6, 6.07) is 0. The highest BCUT2D eigenvalue weighted by Gasteiger charge is 2.39. The van der Waals surface area contributed by atoms with Crippen LogP contribution in [-0.2, 0) is 9.53 Å². The lowest BCUT2D eigenvalue weighted by molar-refractivity contribution is -0.198. The Morgan fingerprint density at radius 1 is 1.70 bits per heavy atom. The third kappa shape index (κ3) is 1.29. The second-order valence-electron chi connectivity index (χ2n) is 2.56. The average Bonchev–Trinajstić information content (AvgIpc) is 1.97. The second kappa shape index (κ2) is 3.01. The maximum absolute atomic E-state index is 10.3. The van der Waals surface area contributed by atoms with Crippen molar-refractivity contribution < 1.29 is 14.6 Å². The molecule has 1 rings (SSSR count). The molecule has 0 aromatic carbocycles. The number of esters is 1. The molecule has 10 heavy (non-hydrogen) atoms. The number of hydrogen-bond donors (Lipinski definition) is 1. The first-order valence-corrected chi connectivity index (χ1v) is 3.64. The predicted octanol–water partition coefficient (Wildman–Crippen LogP) is 0.463. The Labute approximate surface area is 60.0 Å². The number of aliphatic hydroxyl groups excluding tert-OH is 1. The lowest BCUT2D eigenvalue weighted by atomic mass is 10.0. The summed E-state index contributed by atoms with van der Waals surface area (Å²) in [6.07, 6.45) is 1.82. The van der Waals surface area contributed by atoms with Gasteiger partial charge in [-0.3, -0.25) is 0 Å². The Kier molecular flexibility index (Phi) is 2.27. The first kappa shape index (κ1) is 7.54. The van der Waals surface area contributed by atoms with Crippen molar-refractivity contribution in [1.82, 2.24) is 0 Å². The van der Waals surface area contributed by atoms with Crippen LogP contribution in [0.2, 0.25) is 0 Å². The molecule has 0 amide bonds. The van der Waals surface area contributed by atoms with Gasteiger partial charge in [-0.25, -0.2) is 4.79 Å². The zero-order valence-electron chi connectivity index (χ0n) is 6.04. The van der Waals surface area contributed by atoms with Gasteiger partial charge < -0.3 is 9.84 Å². The van der Waals surface area contributed by atoms with Crippen LogP contribution in [0.4, 0.5) is 0 Å². The minimum atomic E-state index is -0.841. The second-order valence-corrected chi connectivity index (χ2v) is 2.56. The third-order valence-corrected chi connectivity index (χ3v) is 1.70. The quantitative estimate of drug-likeness (QED) is 0.585. The van der Waals surface area contributed by atoms with Crippen molar-refractivity contribution in [3.8, 4) is 0 Å². The van der Waals surface area contributed by atoms with E-state index >= 15 is 0 Å². The molecule has 1 aliphatic rings. The maximum Gasteiger partial charge on any atom is 0.339 e. The topological polar surface area (TPSA) is 46.5 Å². The first-order chi connectivity index (χ1) is 4.75. The molecule has 1 saturated heterocycles. The summed E-state index contributed by atoms with van der Waals surface area (Å²) in [7, 11) is 0.